The van der Waals surface area contributed by atoms with Gasteiger partial charge in [0.2, 0.25) is 5.91 Å². The van der Waals surface area contributed by atoms with Gasteiger partial charge in [0.25, 0.3) is 0 Å². The van der Waals surface area contributed by atoms with E-state index >= 15 is 0 Å². The van der Waals surface area contributed by atoms with Gasteiger partial charge in [-0.3, -0.25) is 10.1 Å². The van der Waals surface area contributed by atoms with Crippen LogP contribution in [-0.2, 0) is 30.7 Å². The van der Waals surface area contributed by atoms with E-state index in [-0.39, 0.29) is 23.9 Å². The predicted octanol–water partition coefficient (Wildman–Crippen LogP) is 4.73. The molecule has 0 fully saturated rings. The molecule has 3 aromatic rings. The lowest BCUT2D eigenvalue weighted by Gasteiger charge is -2.36. The Morgan fingerprint density at radius 1 is 1.27 bits per heavy atom. The molecular weight excluding hydrogens is 446 g/mol. The minimum atomic E-state index is -0.550. The number of amides is 1. The Kier molecular flexibility index (Phi) is 6.81. The molecule has 33 heavy (non-hydrogen) atoms. The van der Waals surface area contributed by atoms with Crippen LogP contribution < -0.4 is 11.1 Å². The number of nitrogens with two attached hydrogens (primary N) is 1. The van der Waals surface area contributed by atoms with Crippen LogP contribution in [0.1, 0.15) is 59.1 Å². The van der Waals surface area contributed by atoms with Crippen molar-refractivity contribution in [3.63, 3.8) is 0 Å². The molecule has 174 valence electrons. The standard InChI is InChI=1S/C25H27ClF2N4O/c1-3-22-31-25(26)24-18(9-8-15-10-19(27)14(2)20(28)11-15)23(30-13-32(22)24)17-7-5-4-6-16(17)12-21(29)33/h4-7,10-11,18,23,30H,3,8-9,12-13H2,1-2H3,(H2,29,33)/t18-,23?/m0/s1. The number of hydrogen-bond donors (Lipinski definition) is 2. The summed E-state index contributed by atoms with van der Waals surface area (Å²) in [7, 11) is 0. The van der Waals surface area contributed by atoms with Crippen molar-refractivity contribution in [3.8, 4) is 0 Å². The summed E-state index contributed by atoms with van der Waals surface area (Å²) in [5.41, 5.74) is 8.81. The summed E-state index contributed by atoms with van der Waals surface area (Å²) in [6.45, 7) is 3.97. The Balaban J connectivity index is 1.74. The Morgan fingerprint density at radius 2 is 1.97 bits per heavy atom. The zero-order valence-electron chi connectivity index (χ0n) is 18.7. The maximum Gasteiger partial charge on any atom is 0.221 e. The van der Waals surface area contributed by atoms with E-state index in [9.17, 15) is 13.6 Å². The second kappa shape index (κ2) is 9.61. The molecule has 0 radical (unpaired) electrons. The molecule has 3 N–H and O–H groups in total. The number of aryl methyl sites for hydroxylation is 2. The molecule has 0 spiro atoms. The van der Waals surface area contributed by atoms with Crippen LogP contribution in [0.3, 0.4) is 0 Å². The minimum Gasteiger partial charge on any atom is -0.369 e. The Morgan fingerprint density at radius 3 is 2.64 bits per heavy atom. The Labute approximate surface area is 197 Å². The lowest BCUT2D eigenvalue weighted by atomic mass is 9.82. The third-order valence-electron chi connectivity index (χ3n) is 6.42. The average Bonchev–Trinajstić information content (AvgIpc) is 3.11. The first-order valence-electron chi connectivity index (χ1n) is 11.1. The third-order valence-corrected chi connectivity index (χ3v) is 6.70. The number of aromatic nitrogens is 2. The van der Waals surface area contributed by atoms with Crippen LogP contribution in [0, 0.1) is 18.6 Å². The number of carbonyl (C=O) groups excluding carboxylic acids is 1. The van der Waals surface area contributed by atoms with Crippen molar-refractivity contribution in [3.05, 3.63) is 87.0 Å². The highest BCUT2D eigenvalue weighted by Crippen LogP contribution is 2.42. The lowest BCUT2D eigenvalue weighted by Crippen LogP contribution is -2.37. The van der Waals surface area contributed by atoms with Gasteiger partial charge in [0.1, 0.15) is 17.5 Å². The SMILES string of the molecule is CCc1nc(Cl)c2n1CNC(c1ccccc1CC(N)=O)[C@@H]2CCc1cc(F)c(C)c(F)c1. The molecule has 0 aliphatic carbocycles. The number of rotatable bonds is 7. The molecular formula is C25H27ClF2N4O. The smallest absolute Gasteiger partial charge is 0.221 e. The minimum absolute atomic E-state index is 0.0186. The van der Waals surface area contributed by atoms with Gasteiger partial charge < -0.3 is 10.3 Å². The van der Waals surface area contributed by atoms with Crippen LogP contribution in [0.5, 0.6) is 0 Å². The molecule has 0 saturated heterocycles. The fraction of sp³-hybridized carbons (Fsp3) is 0.360. The molecule has 1 amide bonds. The van der Waals surface area contributed by atoms with E-state index in [1.165, 1.54) is 19.1 Å². The van der Waals surface area contributed by atoms with Crippen molar-refractivity contribution in [1.82, 2.24) is 14.9 Å². The molecule has 5 nitrogen and oxygen atoms in total. The monoisotopic (exact) mass is 472 g/mol. The highest BCUT2D eigenvalue weighted by atomic mass is 35.5. The van der Waals surface area contributed by atoms with Crippen LogP contribution >= 0.6 is 11.6 Å². The molecule has 1 unspecified atom stereocenters. The van der Waals surface area contributed by atoms with E-state index in [0.717, 1.165) is 29.1 Å². The molecule has 8 heteroatoms. The highest BCUT2D eigenvalue weighted by molar-refractivity contribution is 6.30. The van der Waals surface area contributed by atoms with Crippen molar-refractivity contribution in [2.45, 2.75) is 58.2 Å². The number of carbonyl (C=O) groups is 1. The van der Waals surface area contributed by atoms with Gasteiger partial charge in [-0.15, -0.1) is 0 Å². The molecule has 2 atom stereocenters. The molecule has 2 aromatic carbocycles. The summed E-state index contributed by atoms with van der Waals surface area (Å²) in [4.78, 5) is 16.2. The van der Waals surface area contributed by atoms with Gasteiger partial charge in [-0.1, -0.05) is 42.8 Å². The van der Waals surface area contributed by atoms with Crippen molar-refractivity contribution in [1.29, 1.82) is 0 Å². The molecule has 1 aliphatic rings. The molecule has 4 rings (SSSR count). The second-order valence-corrected chi connectivity index (χ2v) is 8.86. The van der Waals surface area contributed by atoms with Gasteiger partial charge in [-0.25, -0.2) is 13.8 Å². The summed E-state index contributed by atoms with van der Waals surface area (Å²) in [6.07, 6.45) is 1.89. The largest absolute Gasteiger partial charge is 0.369 e. The molecule has 1 aromatic heterocycles. The number of halogens is 3. The van der Waals surface area contributed by atoms with E-state index in [2.05, 4.69) is 14.9 Å². The lowest BCUT2D eigenvalue weighted by molar-refractivity contribution is -0.117. The number of nitrogens with zero attached hydrogens (tertiary/aromatic N) is 2. The fourth-order valence-electron chi connectivity index (χ4n) is 4.75. The quantitative estimate of drug-likeness (QED) is 0.522. The normalized spacial score (nSPS) is 17.7. The van der Waals surface area contributed by atoms with E-state index < -0.39 is 17.5 Å². The number of hydrogen-bond acceptors (Lipinski definition) is 3. The first-order valence-corrected chi connectivity index (χ1v) is 11.5. The number of fused-ring (bicyclic) bond motifs is 1. The van der Waals surface area contributed by atoms with Crippen molar-refractivity contribution in [2.24, 2.45) is 5.73 Å². The van der Waals surface area contributed by atoms with Crippen LogP contribution in [0.2, 0.25) is 5.15 Å². The van der Waals surface area contributed by atoms with Crippen molar-refractivity contribution >= 4 is 17.5 Å². The average molecular weight is 473 g/mol. The topological polar surface area (TPSA) is 72.9 Å². The zero-order valence-corrected chi connectivity index (χ0v) is 19.4. The predicted molar refractivity (Wildman–Crippen MR) is 124 cm³/mol. The van der Waals surface area contributed by atoms with Gasteiger partial charge in [0.05, 0.1) is 18.8 Å². The summed E-state index contributed by atoms with van der Waals surface area (Å²) < 4.78 is 30.4. The fourth-order valence-corrected chi connectivity index (χ4v) is 5.09. The number of primary amides is 1. The molecule has 0 bridgehead atoms. The number of nitrogens with one attached hydrogen (secondary N) is 1. The number of benzene rings is 2. The van der Waals surface area contributed by atoms with Crippen molar-refractivity contribution in [2.75, 3.05) is 0 Å². The van der Waals surface area contributed by atoms with Crippen LogP contribution in [0.25, 0.3) is 0 Å². The van der Waals surface area contributed by atoms with Crippen LogP contribution in [0.15, 0.2) is 36.4 Å². The van der Waals surface area contributed by atoms with Gasteiger partial charge in [0, 0.05) is 23.9 Å². The first-order chi connectivity index (χ1) is 15.8. The summed E-state index contributed by atoms with van der Waals surface area (Å²) >= 11 is 6.61. The Bertz CT molecular complexity index is 1170. The Hall–Kier alpha value is -2.77. The first kappa shape index (κ1) is 23.4. The maximum atomic E-state index is 14.1. The van der Waals surface area contributed by atoms with Gasteiger partial charge in [0.15, 0.2) is 5.15 Å². The van der Waals surface area contributed by atoms with E-state index in [1.807, 2.05) is 31.2 Å². The number of imidazole rings is 1. The van der Waals surface area contributed by atoms with Gasteiger partial charge >= 0.3 is 0 Å². The molecule has 2 heterocycles. The van der Waals surface area contributed by atoms with E-state index in [0.29, 0.717) is 30.2 Å². The highest BCUT2D eigenvalue weighted by Gasteiger charge is 2.35. The molecule has 1 aliphatic heterocycles. The summed E-state index contributed by atoms with van der Waals surface area (Å²) in [5.74, 6) is -0.751. The third kappa shape index (κ3) is 4.66. The van der Waals surface area contributed by atoms with Gasteiger partial charge in [-0.05, 0) is 48.6 Å². The van der Waals surface area contributed by atoms with E-state index in [4.69, 9.17) is 17.3 Å². The zero-order chi connectivity index (χ0) is 23.7. The maximum absolute atomic E-state index is 14.1. The van der Waals surface area contributed by atoms with Crippen molar-refractivity contribution < 1.29 is 13.6 Å². The molecule has 0 saturated carbocycles. The van der Waals surface area contributed by atoms with Gasteiger partial charge in [-0.2, -0.15) is 0 Å². The van der Waals surface area contributed by atoms with E-state index in [1.54, 1.807) is 0 Å². The van der Waals surface area contributed by atoms with Crippen LogP contribution in [0.4, 0.5) is 8.78 Å². The van der Waals surface area contributed by atoms with Crippen LogP contribution in [-0.4, -0.2) is 15.5 Å². The summed E-state index contributed by atoms with van der Waals surface area (Å²) in [5, 5.41) is 4.02. The second-order valence-electron chi connectivity index (χ2n) is 8.50. The summed E-state index contributed by atoms with van der Waals surface area (Å²) in [6, 6.07) is 10.3.